The van der Waals surface area contributed by atoms with E-state index in [1.807, 2.05) is 17.0 Å². The van der Waals surface area contributed by atoms with Crippen molar-refractivity contribution in [3.8, 4) is 0 Å². The molecule has 0 bridgehead atoms. The van der Waals surface area contributed by atoms with E-state index in [9.17, 15) is 4.79 Å². The van der Waals surface area contributed by atoms with Crippen molar-refractivity contribution in [2.24, 2.45) is 5.92 Å². The third-order valence-corrected chi connectivity index (χ3v) is 5.29. The number of amides is 1. The molecule has 5 heteroatoms. The summed E-state index contributed by atoms with van der Waals surface area (Å²) in [7, 11) is 0. The molecule has 1 saturated heterocycles. The van der Waals surface area contributed by atoms with Gasteiger partial charge in [0.25, 0.3) is 5.91 Å². The molecule has 2 aliphatic rings. The number of carbonyl (C=O) groups excluding carboxylic acids is 1. The molecule has 1 aromatic heterocycles. The summed E-state index contributed by atoms with van der Waals surface area (Å²) in [5.74, 6) is 1.16. The van der Waals surface area contributed by atoms with Gasteiger partial charge in [-0.25, -0.2) is 0 Å². The number of hydrogen-bond acceptors (Lipinski definition) is 3. The molecule has 1 amide bonds. The summed E-state index contributed by atoms with van der Waals surface area (Å²) in [6, 6.07) is 8.26. The van der Waals surface area contributed by atoms with Gasteiger partial charge >= 0.3 is 0 Å². The fourth-order valence-electron chi connectivity index (χ4n) is 3.89. The molecule has 0 spiro atoms. The molecule has 3 heterocycles. The van der Waals surface area contributed by atoms with Gasteiger partial charge in [-0.1, -0.05) is 32.0 Å². The van der Waals surface area contributed by atoms with Gasteiger partial charge in [-0.3, -0.25) is 9.89 Å². The van der Waals surface area contributed by atoms with Crippen LogP contribution in [0.2, 0.25) is 0 Å². The number of aromatic nitrogens is 2. The highest BCUT2D eigenvalue weighted by atomic mass is 16.5. The Morgan fingerprint density at radius 3 is 2.96 bits per heavy atom. The van der Waals surface area contributed by atoms with Crippen molar-refractivity contribution < 1.29 is 9.53 Å². The Morgan fingerprint density at radius 1 is 1.38 bits per heavy atom. The summed E-state index contributed by atoms with van der Waals surface area (Å²) >= 11 is 0. The van der Waals surface area contributed by atoms with Crippen molar-refractivity contribution >= 4 is 11.6 Å². The van der Waals surface area contributed by atoms with Gasteiger partial charge in [0, 0.05) is 30.7 Å². The number of nitrogens with one attached hydrogen (secondary N) is 1. The minimum absolute atomic E-state index is 0.0428. The van der Waals surface area contributed by atoms with Crippen LogP contribution in [-0.4, -0.2) is 35.9 Å². The molecule has 1 aromatic carbocycles. The zero-order valence-corrected chi connectivity index (χ0v) is 14.2. The Balaban J connectivity index is 1.68. The molecule has 0 radical (unpaired) electrons. The highest BCUT2D eigenvalue weighted by Gasteiger charge is 2.36. The van der Waals surface area contributed by atoms with Crippen LogP contribution in [-0.2, 0) is 4.74 Å². The summed E-state index contributed by atoms with van der Waals surface area (Å²) in [5.41, 5.74) is 3.92. The molecule has 1 N–H and O–H groups in total. The Labute approximate surface area is 142 Å². The number of benzene rings is 1. The lowest BCUT2D eigenvalue weighted by molar-refractivity contribution is 0.0986. The Hall–Kier alpha value is -2.14. The van der Waals surface area contributed by atoms with Gasteiger partial charge in [0.05, 0.1) is 24.1 Å². The Bertz CT molecular complexity index is 747. The van der Waals surface area contributed by atoms with Gasteiger partial charge < -0.3 is 9.64 Å². The van der Waals surface area contributed by atoms with Gasteiger partial charge in [-0.15, -0.1) is 0 Å². The highest BCUT2D eigenvalue weighted by Crippen LogP contribution is 2.41. The monoisotopic (exact) mass is 325 g/mol. The summed E-state index contributed by atoms with van der Waals surface area (Å²) in [5, 5.41) is 7.17. The van der Waals surface area contributed by atoms with Crippen LogP contribution in [0.1, 0.15) is 53.7 Å². The van der Waals surface area contributed by atoms with Gasteiger partial charge in [0.15, 0.2) is 0 Å². The number of para-hydroxylation sites is 1. The van der Waals surface area contributed by atoms with E-state index in [1.165, 1.54) is 5.56 Å². The van der Waals surface area contributed by atoms with Crippen LogP contribution < -0.4 is 4.90 Å². The minimum atomic E-state index is 0.0428. The lowest BCUT2D eigenvalue weighted by Crippen LogP contribution is -2.31. The number of H-pyrrole nitrogens is 1. The molecule has 0 unspecified atom stereocenters. The second kappa shape index (κ2) is 6.06. The number of anilines is 1. The largest absolute Gasteiger partial charge is 0.381 e. The second-order valence-electron chi connectivity index (χ2n) is 7.08. The van der Waals surface area contributed by atoms with E-state index < -0.39 is 0 Å². The molecule has 0 saturated carbocycles. The van der Waals surface area contributed by atoms with Crippen molar-refractivity contribution in [2.45, 2.75) is 32.1 Å². The quantitative estimate of drug-likeness (QED) is 0.942. The molecule has 24 heavy (non-hydrogen) atoms. The smallest absolute Gasteiger partial charge is 0.261 e. The van der Waals surface area contributed by atoms with Gasteiger partial charge in [0.1, 0.15) is 0 Å². The topological polar surface area (TPSA) is 58.2 Å². The zero-order valence-electron chi connectivity index (χ0n) is 14.2. The van der Waals surface area contributed by atoms with Crippen LogP contribution in [0, 0.1) is 5.92 Å². The summed E-state index contributed by atoms with van der Waals surface area (Å²) in [6.07, 6.45) is 2.61. The number of nitrogens with zero attached hydrogens (tertiary/aromatic N) is 2. The van der Waals surface area contributed by atoms with Crippen LogP contribution in [0.25, 0.3) is 0 Å². The third-order valence-electron chi connectivity index (χ3n) is 5.29. The maximum absolute atomic E-state index is 13.2. The molecule has 126 valence electrons. The van der Waals surface area contributed by atoms with Crippen LogP contribution in [0.3, 0.4) is 0 Å². The van der Waals surface area contributed by atoms with Crippen LogP contribution in [0.4, 0.5) is 5.69 Å². The average molecular weight is 325 g/mol. The fraction of sp³-hybridized carbons (Fsp3) is 0.474. The molecular weight excluding hydrogens is 302 g/mol. The molecule has 2 atom stereocenters. The van der Waals surface area contributed by atoms with E-state index in [0.717, 1.165) is 31.0 Å². The SMILES string of the molecule is CC(C)[C@H]1CN(C(=O)c2cn[nH]c2[C@@H]2CCOC2)c2ccccc21. The zero-order chi connectivity index (χ0) is 16.7. The highest BCUT2D eigenvalue weighted by molar-refractivity contribution is 6.08. The van der Waals surface area contributed by atoms with Gasteiger partial charge in [-0.2, -0.15) is 5.10 Å². The van der Waals surface area contributed by atoms with Gasteiger partial charge in [0.2, 0.25) is 0 Å². The van der Waals surface area contributed by atoms with Gasteiger partial charge in [-0.05, 0) is 24.0 Å². The average Bonchev–Trinajstić information content (AvgIpc) is 3.31. The lowest BCUT2D eigenvalue weighted by Gasteiger charge is -2.20. The first-order chi connectivity index (χ1) is 11.7. The first-order valence-corrected chi connectivity index (χ1v) is 8.68. The number of fused-ring (bicyclic) bond motifs is 1. The Kier molecular flexibility index (Phi) is 3.88. The van der Waals surface area contributed by atoms with Crippen molar-refractivity contribution in [2.75, 3.05) is 24.7 Å². The predicted molar refractivity (Wildman–Crippen MR) is 92.5 cm³/mol. The molecular formula is C19H23N3O2. The molecule has 4 rings (SSSR count). The number of carbonyl (C=O) groups is 1. The number of aromatic amines is 1. The third kappa shape index (κ3) is 2.44. The van der Waals surface area contributed by atoms with E-state index in [0.29, 0.717) is 24.0 Å². The van der Waals surface area contributed by atoms with E-state index >= 15 is 0 Å². The van der Waals surface area contributed by atoms with E-state index in [-0.39, 0.29) is 11.8 Å². The summed E-state index contributed by atoms with van der Waals surface area (Å²) in [6.45, 7) is 6.58. The first kappa shape index (κ1) is 15.4. The molecule has 5 nitrogen and oxygen atoms in total. The van der Waals surface area contributed by atoms with Crippen molar-refractivity contribution in [3.63, 3.8) is 0 Å². The van der Waals surface area contributed by atoms with Crippen LogP contribution in [0.15, 0.2) is 30.5 Å². The van der Waals surface area contributed by atoms with E-state index in [1.54, 1.807) is 6.20 Å². The standard InChI is InChI=1S/C19H23N3O2/c1-12(2)16-10-22(17-6-4-3-5-14(16)17)19(23)15-9-20-21-18(15)13-7-8-24-11-13/h3-6,9,12-13,16H,7-8,10-11H2,1-2H3,(H,20,21)/t13-,16-/m1/s1. The predicted octanol–water partition coefficient (Wildman–Crippen LogP) is 3.31. The number of hydrogen-bond donors (Lipinski definition) is 1. The van der Waals surface area contributed by atoms with Crippen molar-refractivity contribution in [1.29, 1.82) is 0 Å². The first-order valence-electron chi connectivity index (χ1n) is 8.68. The molecule has 2 aromatic rings. The summed E-state index contributed by atoms with van der Waals surface area (Å²) < 4.78 is 5.47. The fourth-order valence-corrected chi connectivity index (χ4v) is 3.89. The van der Waals surface area contributed by atoms with E-state index in [4.69, 9.17) is 4.74 Å². The second-order valence-corrected chi connectivity index (χ2v) is 7.08. The summed E-state index contributed by atoms with van der Waals surface area (Å²) in [4.78, 5) is 15.2. The number of rotatable bonds is 3. The van der Waals surface area contributed by atoms with Crippen LogP contribution in [0.5, 0.6) is 0 Å². The van der Waals surface area contributed by atoms with Crippen molar-refractivity contribution in [1.82, 2.24) is 10.2 Å². The maximum Gasteiger partial charge on any atom is 0.261 e. The van der Waals surface area contributed by atoms with Crippen molar-refractivity contribution in [3.05, 3.63) is 47.3 Å². The van der Waals surface area contributed by atoms with Crippen LogP contribution >= 0.6 is 0 Å². The molecule has 1 fully saturated rings. The van der Waals surface area contributed by atoms with E-state index in [2.05, 4.69) is 36.2 Å². The molecule has 2 aliphatic heterocycles. The number of ether oxygens (including phenoxy) is 1. The molecule has 0 aliphatic carbocycles. The maximum atomic E-state index is 13.2. The Morgan fingerprint density at radius 2 is 2.21 bits per heavy atom. The minimum Gasteiger partial charge on any atom is -0.381 e. The lowest BCUT2D eigenvalue weighted by atomic mass is 9.90. The normalized spacial score (nSPS) is 23.0.